The molecule has 136 valence electrons. The molecule has 0 saturated heterocycles. The third-order valence-electron chi connectivity index (χ3n) is 3.44. The Morgan fingerprint density at radius 2 is 1.72 bits per heavy atom. The molecule has 0 unspecified atom stereocenters. The number of carbonyl (C=O) groups is 1. The average Bonchev–Trinajstić information content (AvgIpc) is 2.60. The molecule has 0 fully saturated rings. The Hall–Kier alpha value is -2.44. The molecule has 0 heterocycles. The molecule has 0 atom stereocenters. The van der Waals surface area contributed by atoms with E-state index in [-0.39, 0.29) is 19.0 Å². The number of primary amides is 1. The van der Waals surface area contributed by atoms with Gasteiger partial charge in [-0.3, -0.25) is 4.79 Å². The van der Waals surface area contributed by atoms with E-state index in [2.05, 4.69) is 5.32 Å². The minimum absolute atomic E-state index is 0. The number of rotatable bonds is 9. The Morgan fingerprint density at radius 1 is 1.00 bits per heavy atom. The maximum Gasteiger partial charge on any atom is 0.255 e. The summed E-state index contributed by atoms with van der Waals surface area (Å²) in [4.78, 5) is 10.8. The largest absolute Gasteiger partial charge is 1.00 e. The fraction of sp³-hybridized carbons (Fsp3) is 0.278. The van der Waals surface area contributed by atoms with Crippen LogP contribution in [0.1, 0.15) is 11.1 Å². The summed E-state index contributed by atoms with van der Waals surface area (Å²) in [6, 6.07) is 13.4. The first-order chi connectivity index (χ1) is 11.6. The van der Waals surface area contributed by atoms with Crippen LogP contribution in [0.15, 0.2) is 42.5 Å². The van der Waals surface area contributed by atoms with Crippen LogP contribution in [0.5, 0.6) is 17.2 Å². The first kappa shape index (κ1) is 20.6. The van der Waals surface area contributed by atoms with Crippen molar-refractivity contribution >= 4 is 5.91 Å². The van der Waals surface area contributed by atoms with Crippen LogP contribution in [0.2, 0.25) is 0 Å². The first-order valence-electron chi connectivity index (χ1n) is 7.54. The van der Waals surface area contributed by atoms with Crippen LogP contribution in [-0.2, 0) is 17.9 Å². The second kappa shape index (κ2) is 10.4. The molecule has 1 amide bonds. The minimum Gasteiger partial charge on any atom is -1.00 e. The van der Waals surface area contributed by atoms with Gasteiger partial charge >= 0.3 is 0 Å². The van der Waals surface area contributed by atoms with Gasteiger partial charge in [-0.1, -0.05) is 24.3 Å². The summed E-state index contributed by atoms with van der Waals surface area (Å²) in [7, 11) is 3.22. The van der Waals surface area contributed by atoms with E-state index in [0.29, 0.717) is 24.6 Å². The predicted molar refractivity (Wildman–Crippen MR) is 91.2 cm³/mol. The Bertz CT molecular complexity index is 695. The lowest BCUT2D eigenvalue weighted by atomic mass is 10.1. The molecular formula is C18H22ClN2O4-. The minimum atomic E-state index is -0.528. The average molecular weight is 366 g/mol. The van der Waals surface area contributed by atoms with E-state index in [9.17, 15) is 4.79 Å². The van der Waals surface area contributed by atoms with E-state index in [1.54, 1.807) is 20.3 Å². The lowest BCUT2D eigenvalue weighted by molar-refractivity contribution is -0.119. The summed E-state index contributed by atoms with van der Waals surface area (Å²) in [6.07, 6.45) is 0. The number of hydrogen-bond acceptors (Lipinski definition) is 5. The number of halogens is 1. The van der Waals surface area contributed by atoms with Gasteiger partial charge in [0.25, 0.3) is 5.91 Å². The van der Waals surface area contributed by atoms with Crippen LogP contribution in [0.3, 0.4) is 0 Å². The fourth-order valence-corrected chi connectivity index (χ4v) is 2.28. The highest BCUT2D eigenvalue weighted by Crippen LogP contribution is 2.28. The SMILES string of the molecule is COc1ccccc1CNCc1ccc(OCC(N)=O)c(OC)c1.[Cl-]. The van der Waals surface area contributed by atoms with Crippen LogP contribution >= 0.6 is 0 Å². The van der Waals surface area contributed by atoms with Crippen molar-refractivity contribution in [3.05, 3.63) is 53.6 Å². The summed E-state index contributed by atoms with van der Waals surface area (Å²) in [5, 5.41) is 3.36. The van der Waals surface area contributed by atoms with Crippen LogP contribution in [0, 0.1) is 0 Å². The molecule has 2 aromatic carbocycles. The van der Waals surface area contributed by atoms with Gasteiger partial charge < -0.3 is 37.7 Å². The molecule has 2 aromatic rings. The van der Waals surface area contributed by atoms with E-state index in [1.165, 1.54) is 0 Å². The second-order valence-corrected chi connectivity index (χ2v) is 5.16. The monoisotopic (exact) mass is 365 g/mol. The second-order valence-electron chi connectivity index (χ2n) is 5.16. The van der Waals surface area contributed by atoms with Gasteiger partial charge in [0.2, 0.25) is 0 Å². The third-order valence-corrected chi connectivity index (χ3v) is 3.44. The molecule has 0 radical (unpaired) electrons. The summed E-state index contributed by atoms with van der Waals surface area (Å²) in [5.41, 5.74) is 7.21. The number of nitrogens with two attached hydrogens (primary N) is 1. The number of carbonyl (C=O) groups excluding carboxylic acids is 1. The van der Waals surface area contributed by atoms with Crippen LogP contribution in [0.25, 0.3) is 0 Å². The van der Waals surface area contributed by atoms with Gasteiger partial charge in [-0.2, -0.15) is 0 Å². The highest BCUT2D eigenvalue weighted by Gasteiger charge is 2.07. The topological polar surface area (TPSA) is 82.8 Å². The highest BCUT2D eigenvalue weighted by atomic mass is 35.5. The van der Waals surface area contributed by atoms with Crippen molar-refractivity contribution in [1.29, 1.82) is 0 Å². The van der Waals surface area contributed by atoms with Crippen molar-refractivity contribution in [2.45, 2.75) is 13.1 Å². The number of amides is 1. The van der Waals surface area contributed by atoms with Gasteiger partial charge in [-0.15, -0.1) is 0 Å². The van der Waals surface area contributed by atoms with E-state index in [4.69, 9.17) is 19.9 Å². The van der Waals surface area contributed by atoms with Gasteiger partial charge in [0, 0.05) is 18.7 Å². The lowest BCUT2D eigenvalue weighted by Gasteiger charge is -2.12. The van der Waals surface area contributed by atoms with Crippen molar-refractivity contribution in [2.24, 2.45) is 5.73 Å². The molecule has 2 rings (SSSR count). The van der Waals surface area contributed by atoms with Crippen molar-refractivity contribution in [2.75, 3.05) is 20.8 Å². The Labute approximate surface area is 153 Å². The molecule has 0 spiro atoms. The Kier molecular flexibility index (Phi) is 8.60. The van der Waals surface area contributed by atoms with Crippen LogP contribution < -0.4 is 37.7 Å². The zero-order chi connectivity index (χ0) is 17.4. The number of methoxy groups -OCH3 is 2. The Balaban J connectivity index is 0.00000312. The van der Waals surface area contributed by atoms with E-state index >= 15 is 0 Å². The molecule has 0 saturated carbocycles. The number of ether oxygens (including phenoxy) is 3. The van der Waals surface area contributed by atoms with Gasteiger partial charge in [0.1, 0.15) is 5.75 Å². The van der Waals surface area contributed by atoms with E-state index in [1.807, 2.05) is 36.4 Å². The van der Waals surface area contributed by atoms with Gasteiger partial charge in [-0.05, 0) is 23.8 Å². The van der Waals surface area contributed by atoms with Gasteiger partial charge in [-0.25, -0.2) is 0 Å². The molecule has 6 nitrogen and oxygen atoms in total. The normalized spacial score (nSPS) is 9.84. The van der Waals surface area contributed by atoms with E-state index < -0.39 is 5.91 Å². The Morgan fingerprint density at radius 3 is 2.40 bits per heavy atom. The summed E-state index contributed by atoms with van der Waals surface area (Å²) in [5.74, 6) is 1.38. The molecule has 7 heteroatoms. The molecule has 25 heavy (non-hydrogen) atoms. The number of hydrogen-bond donors (Lipinski definition) is 2. The number of para-hydroxylation sites is 1. The maximum atomic E-state index is 10.8. The molecule has 0 aliphatic heterocycles. The third kappa shape index (κ3) is 6.17. The summed E-state index contributed by atoms with van der Waals surface area (Å²) in [6.45, 7) is 1.17. The quantitative estimate of drug-likeness (QED) is 0.587. The van der Waals surface area contributed by atoms with Crippen molar-refractivity contribution < 1.29 is 31.4 Å². The summed E-state index contributed by atoms with van der Waals surface area (Å²) < 4.78 is 15.9. The maximum absolute atomic E-state index is 10.8. The zero-order valence-corrected chi connectivity index (χ0v) is 15.0. The number of benzene rings is 2. The molecule has 3 N–H and O–H groups in total. The fourth-order valence-electron chi connectivity index (χ4n) is 2.28. The molecule has 0 bridgehead atoms. The van der Waals surface area contributed by atoms with Crippen LogP contribution in [0.4, 0.5) is 0 Å². The first-order valence-corrected chi connectivity index (χ1v) is 7.54. The van der Waals surface area contributed by atoms with Crippen molar-refractivity contribution in [3.63, 3.8) is 0 Å². The van der Waals surface area contributed by atoms with Crippen LogP contribution in [-0.4, -0.2) is 26.7 Å². The molecule has 0 aromatic heterocycles. The standard InChI is InChI=1S/C18H22N2O4.ClH/c1-22-15-6-4-3-5-14(15)11-20-10-13-7-8-16(17(9-13)23-2)24-12-18(19)21;/h3-9,20H,10-12H2,1-2H3,(H2,19,21);1H/p-1. The van der Waals surface area contributed by atoms with Gasteiger partial charge in [0.15, 0.2) is 18.1 Å². The molecule has 0 aliphatic carbocycles. The number of nitrogens with one attached hydrogen (secondary N) is 1. The van der Waals surface area contributed by atoms with E-state index in [0.717, 1.165) is 16.9 Å². The predicted octanol–water partition coefficient (Wildman–Crippen LogP) is -1.14. The smallest absolute Gasteiger partial charge is 0.255 e. The summed E-state index contributed by atoms with van der Waals surface area (Å²) >= 11 is 0. The van der Waals surface area contributed by atoms with Gasteiger partial charge in [0.05, 0.1) is 14.2 Å². The zero-order valence-electron chi connectivity index (χ0n) is 14.3. The van der Waals surface area contributed by atoms with Crippen molar-refractivity contribution in [3.8, 4) is 17.2 Å². The lowest BCUT2D eigenvalue weighted by Crippen LogP contribution is -3.00. The highest BCUT2D eigenvalue weighted by molar-refractivity contribution is 5.75. The van der Waals surface area contributed by atoms with Crippen molar-refractivity contribution in [1.82, 2.24) is 5.32 Å². The molecule has 0 aliphatic rings. The molecular weight excluding hydrogens is 344 g/mol.